The molecular formula is C5H11O7P. The third kappa shape index (κ3) is 5.87. The molecule has 78 valence electrons. The van der Waals surface area contributed by atoms with E-state index in [1.54, 1.807) is 0 Å². The van der Waals surface area contributed by atoms with Crippen LogP contribution in [0.4, 0.5) is 0 Å². The van der Waals surface area contributed by atoms with Crippen LogP contribution in [0.2, 0.25) is 0 Å². The Balaban J connectivity index is 4.35. The number of hydrogen-bond acceptors (Lipinski definition) is 5. The molecule has 7 nitrogen and oxygen atoms in total. The normalized spacial score (nSPS) is 20.2. The first-order valence-corrected chi connectivity index (χ1v) is 4.70. The fourth-order valence-electron chi connectivity index (χ4n) is 0.464. The lowest BCUT2D eigenvalue weighted by atomic mass is 10.1. The molecule has 0 spiro atoms. The summed E-state index contributed by atoms with van der Waals surface area (Å²) in [5.74, 6) is -0.906. The van der Waals surface area contributed by atoms with Gasteiger partial charge >= 0.3 is 7.82 Å². The van der Waals surface area contributed by atoms with Crippen molar-refractivity contribution < 1.29 is 35.3 Å². The van der Waals surface area contributed by atoms with E-state index >= 15 is 0 Å². The van der Waals surface area contributed by atoms with E-state index in [1.807, 2.05) is 0 Å². The van der Waals surface area contributed by atoms with E-state index in [-0.39, 0.29) is 0 Å². The van der Waals surface area contributed by atoms with Gasteiger partial charge in [-0.15, -0.1) is 0 Å². The minimum absolute atomic E-state index is 0.906. The van der Waals surface area contributed by atoms with E-state index in [0.717, 1.165) is 6.92 Å². The number of Topliss-reactive ketones (excluding diaryl/α,β-unsaturated/α-hetero) is 1. The van der Waals surface area contributed by atoms with Crippen LogP contribution in [-0.4, -0.2) is 44.6 Å². The van der Waals surface area contributed by atoms with Crippen molar-refractivity contribution in [3.63, 3.8) is 0 Å². The maximum atomic E-state index is 10.5. The lowest BCUT2D eigenvalue weighted by Crippen LogP contribution is -2.35. The first kappa shape index (κ1) is 10.8. The first-order chi connectivity index (χ1) is 6.06. The van der Waals surface area contributed by atoms with Crippen molar-refractivity contribution in [2.45, 2.75) is 19.1 Å². The molecule has 0 aromatic heterocycles. The van der Waals surface area contributed by atoms with Crippen molar-refractivity contribution in [1.29, 1.82) is 0 Å². The zero-order chi connectivity index (χ0) is 11.6. The standard InChI is InChI=1S/C5H11O7P/c1-3(6)5(8)4(7)2-12-13(9,10)11/h4-5,7-8H,2H2,1H3,(H2,9,10,11)/t4-,5-/m1/s1/i4T. The molecule has 0 aromatic carbocycles. The Hall–Kier alpha value is -0.300. The number of carbonyl (C=O) groups excluding carboxylic acids is 1. The molecule has 0 amide bonds. The Morgan fingerprint density at radius 3 is 2.38 bits per heavy atom. The fourth-order valence-corrected chi connectivity index (χ4v) is 0.764. The van der Waals surface area contributed by atoms with Gasteiger partial charge in [-0.05, 0) is 6.92 Å². The molecule has 4 N–H and O–H groups in total. The molecule has 0 aliphatic rings. The summed E-state index contributed by atoms with van der Waals surface area (Å²) in [4.78, 5) is 27.0. The van der Waals surface area contributed by atoms with Gasteiger partial charge < -0.3 is 20.0 Å². The maximum absolute atomic E-state index is 10.5. The number of phosphoric acid groups is 1. The zero-order valence-electron chi connectivity index (χ0n) is 7.75. The largest absolute Gasteiger partial charge is 0.469 e. The highest BCUT2D eigenvalue weighted by atomic mass is 31.2. The van der Waals surface area contributed by atoms with Crippen LogP contribution in [0.25, 0.3) is 0 Å². The van der Waals surface area contributed by atoms with Gasteiger partial charge in [0.1, 0.15) is 12.2 Å². The van der Waals surface area contributed by atoms with Crippen molar-refractivity contribution in [2.75, 3.05) is 6.61 Å². The van der Waals surface area contributed by atoms with Gasteiger partial charge in [-0.1, -0.05) is 0 Å². The summed E-state index contributed by atoms with van der Waals surface area (Å²) < 4.78 is 20.9. The van der Waals surface area contributed by atoms with Crippen molar-refractivity contribution in [3.8, 4) is 0 Å². The fraction of sp³-hybridized carbons (Fsp3) is 0.800. The van der Waals surface area contributed by atoms with Gasteiger partial charge in [0, 0.05) is 0 Å². The van der Waals surface area contributed by atoms with E-state index in [2.05, 4.69) is 4.52 Å². The van der Waals surface area contributed by atoms with Crippen LogP contribution in [0, 0.1) is 0 Å². The molecule has 0 rings (SSSR count). The lowest BCUT2D eigenvalue weighted by molar-refractivity contribution is -0.132. The summed E-state index contributed by atoms with van der Waals surface area (Å²) in [6.07, 6.45) is -4.85. The molecule has 0 bridgehead atoms. The Morgan fingerprint density at radius 1 is 1.62 bits per heavy atom. The van der Waals surface area contributed by atoms with Crippen molar-refractivity contribution in [2.24, 2.45) is 0 Å². The molecular weight excluding hydrogens is 203 g/mol. The number of rotatable bonds is 5. The molecule has 0 aromatic rings. The summed E-state index contributed by atoms with van der Waals surface area (Å²) in [6, 6.07) is 0. The van der Waals surface area contributed by atoms with Gasteiger partial charge in [-0.25, -0.2) is 4.57 Å². The van der Waals surface area contributed by atoms with E-state index in [0.29, 0.717) is 0 Å². The number of aliphatic hydroxyl groups is 2. The zero-order valence-corrected chi connectivity index (χ0v) is 7.64. The Morgan fingerprint density at radius 2 is 2.08 bits per heavy atom. The summed E-state index contributed by atoms with van der Waals surface area (Å²) in [6.45, 7) is -0.250. The summed E-state index contributed by atoms with van der Waals surface area (Å²) in [5.41, 5.74) is 0. The molecule has 0 fully saturated rings. The van der Waals surface area contributed by atoms with Gasteiger partial charge in [0.15, 0.2) is 5.78 Å². The van der Waals surface area contributed by atoms with E-state index in [1.165, 1.54) is 0 Å². The highest BCUT2D eigenvalue weighted by Gasteiger charge is 2.24. The predicted octanol–water partition coefficient (Wildman–Crippen LogP) is -1.59. The Labute approximate surface area is 75.6 Å². The van der Waals surface area contributed by atoms with Gasteiger partial charge in [0.05, 0.1) is 7.98 Å². The van der Waals surface area contributed by atoms with Gasteiger partial charge in [-0.2, -0.15) is 0 Å². The van der Waals surface area contributed by atoms with Crippen molar-refractivity contribution in [3.05, 3.63) is 0 Å². The summed E-state index contributed by atoms with van der Waals surface area (Å²) in [7, 11) is -4.83. The van der Waals surface area contributed by atoms with Crippen molar-refractivity contribution >= 4 is 13.6 Å². The minimum atomic E-state index is -4.83. The molecule has 8 heteroatoms. The predicted molar refractivity (Wildman–Crippen MR) is 40.7 cm³/mol. The van der Waals surface area contributed by atoms with Gasteiger partial charge in [0.25, 0.3) is 0 Å². The highest BCUT2D eigenvalue weighted by molar-refractivity contribution is 7.46. The molecule has 0 unspecified atom stereocenters. The second-order valence-corrected chi connectivity index (χ2v) is 3.51. The van der Waals surface area contributed by atoms with E-state index in [9.17, 15) is 9.36 Å². The van der Waals surface area contributed by atoms with Crippen LogP contribution >= 0.6 is 7.82 Å². The second kappa shape index (κ2) is 4.80. The quantitative estimate of drug-likeness (QED) is 0.408. The highest BCUT2D eigenvalue weighted by Crippen LogP contribution is 2.35. The molecule has 0 heterocycles. The van der Waals surface area contributed by atoms with Gasteiger partial charge in [-0.3, -0.25) is 9.32 Å². The number of phosphoric ester groups is 1. The number of ketones is 1. The molecule has 2 atom stereocenters. The number of aliphatic hydroxyl groups excluding tert-OH is 1. The van der Waals surface area contributed by atoms with Crippen LogP contribution in [-0.2, 0) is 13.9 Å². The van der Waals surface area contributed by atoms with E-state index in [4.69, 9.17) is 21.4 Å². The monoisotopic (exact) mass is 216 g/mol. The molecule has 13 heavy (non-hydrogen) atoms. The first-order valence-electron chi connectivity index (χ1n) is 3.67. The SMILES string of the molecule is [3H][C@@](O)(COP(=O)(O)O)[C@H](O)C(C)=O. The smallest absolute Gasteiger partial charge is 0.388 e. The third-order valence-corrected chi connectivity index (χ3v) is 1.55. The molecule has 0 saturated heterocycles. The molecule has 0 radical (unpaired) electrons. The van der Waals surface area contributed by atoms with Crippen LogP contribution in [0.5, 0.6) is 0 Å². The molecule has 0 aliphatic carbocycles. The summed E-state index contributed by atoms with van der Waals surface area (Å²) >= 11 is 0. The summed E-state index contributed by atoms with van der Waals surface area (Å²) in [5, 5.41) is 18.0. The minimum Gasteiger partial charge on any atom is -0.388 e. The average molecular weight is 216 g/mol. The Kier molecular flexibility index (Phi) is 3.98. The van der Waals surface area contributed by atoms with Gasteiger partial charge in [0.2, 0.25) is 0 Å². The third-order valence-electron chi connectivity index (χ3n) is 1.08. The van der Waals surface area contributed by atoms with Crippen LogP contribution in [0.15, 0.2) is 0 Å². The topological polar surface area (TPSA) is 124 Å². The average Bonchev–Trinajstić information content (AvgIpc) is 1.98. The Bertz CT molecular complexity index is 259. The van der Waals surface area contributed by atoms with Crippen LogP contribution in [0.1, 0.15) is 8.29 Å². The van der Waals surface area contributed by atoms with E-state index < -0.39 is 32.4 Å². The van der Waals surface area contributed by atoms with Crippen LogP contribution in [0.3, 0.4) is 0 Å². The second-order valence-electron chi connectivity index (χ2n) is 2.27. The number of carbonyl (C=O) groups is 1. The number of hydrogen-bond donors (Lipinski definition) is 4. The van der Waals surface area contributed by atoms with Crippen LogP contribution < -0.4 is 0 Å². The molecule has 0 aliphatic heterocycles. The van der Waals surface area contributed by atoms with Crippen molar-refractivity contribution in [1.82, 2.24) is 0 Å². The maximum Gasteiger partial charge on any atom is 0.469 e. The molecule has 0 saturated carbocycles. The lowest BCUT2D eigenvalue weighted by Gasteiger charge is -2.15.